The maximum atomic E-state index is 15.7. The number of fused-ring (bicyclic) bond motifs is 2. The summed E-state index contributed by atoms with van der Waals surface area (Å²) in [4.78, 5) is 41.4. The Hall–Kier alpha value is -10.5. The number of hydrogen-bond acceptors (Lipinski definition) is 14. The second kappa shape index (κ2) is 27.7. The van der Waals surface area contributed by atoms with E-state index >= 15 is 17.6 Å². The SMILES string of the molecule is COC[C@H]1COC[C@H]1n1c(Cc2cc(F)c(-c3cccc(OCc4ccc(C#N)cc4F)n3)cc2F)nc2ccc(C(=O)O)cc21.COC[C@H]1COC[C@H]1n1c(Cc2cc(F)c(-c3cccc(OCc4ccc(C#N)cc4F)n3)cc2F)nc2ccc(C(=O)O)cc21. The van der Waals surface area contributed by atoms with Crippen LogP contribution in [0.3, 0.4) is 0 Å². The fourth-order valence-electron chi connectivity index (χ4n) is 11.3. The van der Waals surface area contributed by atoms with Gasteiger partial charge in [-0.1, -0.05) is 24.3 Å². The van der Waals surface area contributed by atoms with E-state index in [0.29, 0.717) is 73.4 Å². The Morgan fingerprint density at radius 3 is 1.30 bits per heavy atom. The van der Waals surface area contributed by atoms with Crippen LogP contribution in [0.5, 0.6) is 11.8 Å². The van der Waals surface area contributed by atoms with E-state index in [1.807, 2.05) is 21.3 Å². The van der Waals surface area contributed by atoms with Gasteiger partial charge in [0, 0.05) is 73.3 Å². The standard InChI is InChI=1S/2C34H27F3N4O5/c2*1-44-15-23-16-45-18-31(23)41-30-11-20(34(42)43)7-8-29(30)39-32(41)12-22-10-27(37)24(13-26(22)36)28-3-2-4-33(40-28)46-17-21-6-5-19(14-38)9-25(21)35/h2*2-11,13,23,31H,12,15-18H2,1H3,(H,42,43)/t2*23-,31+/m00/s1. The maximum absolute atomic E-state index is 15.7. The minimum Gasteiger partial charge on any atom is -0.478 e. The molecule has 10 aromatic rings. The zero-order valence-corrected chi connectivity index (χ0v) is 49.1. The van der Waals surface area contributed by atoms with Crippen molar-refractivity contribution in [3.05, 3.63) is 225 Å². The van der Waals surface area contributed by atoms with Gasteiger partial charge < -0.3 is 47.8 Å². The number of nitriles is 2. The Morgan fingerprint density at radius 1 is 0.511 bits per heavy atom. The van der Waals surface area contributed by atoms with Crippen LogP contribution in [-0.2, 0) is 45.0 Å². The lowest BCUT2D eigenvalue weighted by atomic mass is 10.0. The minimum absolute atomic E-state index is 0.0437. The lowest BCUT2D eigenvalue weighted by Gasteiger charge is -2.22. The summed E-state index contributed by atoms with van der Waals surface area (Å²) in [6.45, 7) is 1.89. The average molecular weight is 1260 g/mol. The Labute approximate surface area is 521 Å². The number of rotatable bonds is 20. The fraction of sp³-hybridized carbons (Fsp3) is 0.235. The predicted molar refractivity (Wildman–Crippen MR) is 320 cm³/mol. The maximum Gasteiger partial charge on any atom is 0.335 e. The zero-order valence-electron chi connectivity index (χ0n) is 49.1. The topological polar surface area (TPSA) is 239 Å². The number of benzene rings is 6. The lowest BCUT2D eigenvalue weighted by molar-refractivity contribution is 0.0686. The molecule has 24 heteroatoms. The van der Waals surface area contributed by atoms with Crippen LogP contribution in [0.1, 0.15) is 77.8 Å². The van der Waals surface area contributed by atoms with Crippen LogP contribution < -0.4 is 9.47 Å². The molecule has 4 atom stereocenters. The first-order valence-electron chi connectivity index (χ1n) is 28.7. The number of carbonyl (C=O) groups is 2. The summed E-state index contributed by atoms with van der Waals surface area (Å²) in [5.74, 6) is -5.38. The van der Waals surface area contributed by atoms with Gasteiger partial charge in [-0.2, -0.15) is 10.5 Å². The zero-order chi connectivity index (χ0) is 64.7. The van der Waals surface area contributed by atoms with E-state index in [4.69, 9.17) is 38.9 Å². The molecule has 2 fully saturated rings. The van der Waals surface area contributed by atoms with Crippen LogP contribution in [-0.4, -0.2) is 105 Å². The van der Waals surface area contributed by atoms with Crippen LogP contribution in [0, 0.1) is 69.4 Å². The van der Waals surface area contributed by atoms with Crippen molar-refractivity contribution >= 4 is 34.0 Å². The molecule has 0 spiro atoms. The minimum atomic E-state index is -1.10. The van der Waals surface area contributed by atoms with Crippen molar-refractivity contribution in [2.24, 2.45) is 11.8 Å². The van der Waals surface area contributed by atoms with E-state index in [1.165, 1.54) is 72.8 Å². The monoisotopic (exact) mass is 1260 g/mol. The number of methoxy groups -OCH3 is 2. The molecular formula is C68H54F6N8O10. The van der Waals surface area contributed by atoms with E-state index in [2.05, 4.69) is 19.9 Å². The predicted octanol–water partition coefficient (Wildman–Crippen LogP) is 12.2. The largest absolute Gasteiger partial charge is 0.478 e. The summed E-state index contributed by atoms with van der Waals surface area (Å²) in [6.07, 6.45) is -0.161. The van der Waals surface area contributed by atoms with Crippen LogP contribution in [0.4, 0.5) is 26.3 Å². The van der Waals surface area contributed by atoms with Crippen molar-refractivity contribution in [2.75, 3.05) is 53.9 Å². The van der Waals surface area contributed by atoms with Gasteiger partial charge in [0.1, 0.15) is 59.8 Å². The first-order valence-corrected chi connectivity index (χ1v) is 28.7. The van der Waals surface area contributed by atoms with Crippen LogP contribution in [0.15, 0.2) is 133 Å². The van der Waals surface area contributed by atoms with E-state index < -0.39 is 46.8 Å². The van der Waals surface area contributed by atoms with Gasteiger partial charge in [-0.15, -0.1) is 0 Å². The van der Waals surface area contributed by atoms with E-state index in [1.54, 1.807) is 38.5 Å². The van der Waals surface area contributed by atoms with Crippen LogP contribution >= 0.6 is 0 Å². The van der Waals surface area contributed by atoms with Crippen molar-refractivity contribution in [3.63, 3.8) is 0 Å². The molecular weight excluding hydrogens is 1200 g/mol. The molecule has 0 aliphatic carbocycles. The van der Waals surface area contributed by atoms with Gasteiger partial charge in [0.15, 0.2) is 0 Å². The molecule has 4 aromatic heterocycles. The smallest absolute Gasteiger partial charge is 0.335 e. The quantitative estimate of drug-likeness (QED) is 0.0674. The molecule has 0 bridgehead atoms. The fourth-order valence-corrected chi connectivity index (χ4v) is 11.3. The normalized spacial score (nSPS) is 16.1. The van der Waals surface area contributed by atoms with Gasteiger partial charge in [0.05, 0.1) is 120 Å². The third kappa shape index (κ3) is 13.6. The molecule has 0 amide bonds. The molecule has 2 aliphatic heterocycles. The van der Waals surface area contributed by atoms with Gasteiger partial charge in [-0.3, -0.25) is 0 Å². The Bertz CT molecular complexity index is 4270. The molecule has 18 nitrogen and oxygen atoms in total. The molecule has 468 valence electrons. The molecule has 6 heterocycles. The number of carboxylic acid groups (broad SMARTS) is 2. The summed E-state index contributed by atoms with van der Waals surface area (Å²) in [6, 6.07) is 33.8. The Morgan fingerprint density at radius 2 is 0.924 bits per heavy atom. The number of aromatic nitrogens is 6. The number of ether oxygens (including phenoxy) is 6. The first-order chi connectivity index (χ1) is 44.5. The van der Waals surface area contributed by atoms with E-state index in [9.17, 15) is 28.6 Å². The number of aromatic carboxylic acids is 2. The summed E-state index contributed by atoms with van der Waals surface area (Å²) >= 11 is 0. The van der Waals surface area contributed by atoms with Crippen LogP contribution in [0.25, 0.3) is 44.6 Å². The summed E-state index contributed by atoms with van der Waals surface area (Å²) in [5, 5.41) is 37.0. The molecule has 0 radical (unpaired) electrons. The number of carboxylic acids is 2. The molecule has 2 saturated heterocycles. The molecule has 0 saturated carbocycles. The van der Waals surface area contributed by atoms with Gasteiger partial charge in [-0.25, -0.2) is 55.9 Å². The molecule has 0 unspecified atom stereocenters. The highest BCUT2D eigenvalue weighted by atomic mass is 19.1. The number of halogens is 6. The highest BCUT2D eigenvalue weighted by Crippen LogP contribution is 2.37. The van der Waals surface area contributed by atoms with Crippen molar-refractivity contribution < 1.29 is 74.6 Å². The lowest BCUT2D eigenvalue weighted by Crippen LogP contribution is -2.23. The Balaban J connectivity index is 0.000000188. The van der Waals surface area contributed by atoms with E-state index in [0.717, 1.165) is 36.4 Å². The van der Waals surface area contributed by atoms with E-state index in [-0.39, 0.29) is 129 Å². The first kappa shape index (κ1) is 63.1. The van der Waals surface area contributed by atoms with Gasteiger partial charge in [0.2, 0.25) is 11.8 Å². The van der Waals surface area contributed by atoms with Crippen molar-refractivity contribution in [1.29, 1.82) is 10.5 Å². The second-order valence-corrected chi connectivity index (χ2v) is 21.8. The summed E-state index contributed by atoms with van der Waals surface area (Å²) < 4.78 is 128. The van der Waals surface area contributed by atoms with Crippen molar-refractivity contribution in [1.82, 2.24) is 29.1 Å². The van der Waals surface area contributed by atoms with Gasteiger partial charge in [0.25, 0.3) is 0 Å². The third-order valence-corrected chi connectivity index (χ3v) is 15.9. The molecule has 2 aliphatic rings. The highest BCUT2D eigenvalue weighted by molar-refractivity contribution is 5.93. The Kier molecular flexibility index (Phi) is 19.0. The number of hydrogen-bond donors (Lipinski definition) is 2. The number of imidazole rings is 2. The van der Waals surface area contributed by atoms with Crippen molar-refractivity contribution in [2.45, 2.75) is 38.1 Å². The summed E-state index contributed by atoms with van der Waals surface area (Å²) in [7, 11) is 3.16. The second-order valence-electron chi connectivity index (χ2n) is 21.8. The molecule has 6 aromatic carbocycles. The van der Waals surface area contributed by atoms with Gasteiger partial charge in [-0.05, 0) is 108 Å². The molecule has 12 rings (SSSR count). The number of nitrogens with zero attached hydrogens (tertiary/aromatic N) is 8. The average Bonchev–Trinajstić information content (AvgIpc) is 1.61. The number of pyridine rings is 2. The molecule has 92 heavy (non-hydrogen) atoms. The highest BCUT2D eigenvalue weighted by Gasteiger charge is 2.35. The summed E-state index contributed by atoms with van der Waals surface area (Å²) in [5.41, 5.74) is 3.15. The van der Waals surface area contributed by atoms with Gasteiger partial charge >= 0.3 is 11.9 Å². The third-order valence-electron chi connectivity index (χ3n) is 15.9. The molecule has 2 N–H and O–H groups in total. The van der Waals surface area contributed by atoms with Crippen LogP contribution in [0.2, 0.25) is 0 Å². The van der Waals surface area contributed by atoms with Crippen molar-refractivity contribution in [3.8, 4) is 46.4 Å².